The Kier molecular flexibility index (Phi) is 7.45. The molecule has 1 aromatic heterocycles. The maximum absolute atomic E-state index is 12.7. The number of aromatic nitrogens is 2. The van der Waals surface area contributed by atoms with Crippen molar-refractivity contribution in [1.29, 1.82) is 0 Å². The second-order valence-electron chi connectivity index (χ2n) is 10.1. The lowest BCUT2D eigenvalue weighted by Crippen LogP contribution is -2.28. The summed E-state index contributed by atoms with van der Waals surface area (Å²) in [5.74, 6) is -0.0706. The molecule has 0 bridgehead atoms. The molecule has 5 aromatic rings. The maximum Gasteiger partial charge on any atom is 0.573 e. The SMILES string of the molecule is CC(C)(C(=O)O)c1cccc(OCc2ccccc2Cn2c(-c3ccc(OC(F)(F)F)cc3)nc3ccccc32)c1. The van der Waals surface area contributed by atoms with Crippen LogP contribution in [0.25, 0.3) is 22.4 Å². The van der Waals surface area contributed by atoms with Crippen LogP contribution in [0.1, 0.15) is 30.5 Å². The van der Waals surface area contributed by atoms with Crippen molar-refractivity contribution < 1.29 is 32.5 Å². The number of aliphatic carboxylic acids is 1. The van der Waals surface area contributed by atoms with Gasteiger partial charge in [0, 0.05) is 5.56 Å². The fourth-order valence-electron chi connectivity index (χ4n) is 4.54. The number of benzene rings is 4. The normalized spacial score (nSPS) is 11.9. The molecule has 0 aliphatic heterocycles. The van der Waals surface area contributed by atoms with Gasteiger partial charge in [0.2, 0.25) is 0 Å². The average molecular weight is 561 g/mol. The lowest BCUT2D eigenvalue weighted by molar-refractivity contribution is -0.274. The van der Waals surface area contributed by atoms with E-state index in [1.165, 1.54) is 12.1 Å². The summed E-state index contributed by atoms with van der Waals surface area (Å²) in [6, 6.07) is 28.1. The van der Waals surface area contributed by atoms with Gasteiger partial charge in [-0.15, -0.1) is 13.2 Å². The van der Waals surface area contributed by atoms with Gasteiger partial charge in [-0.1, -0.05) is 48.5 Å². The van der Waals surface area contributed by atoms with Crippen LogP contribution in [0.15, 0.2) is 97.1 Å². The van der Waals surface area contributed by atoms with Crippen LogP contribution in [0.4, 0.5) is 13.2 Å². The van der Waals surface area contributed by atoms with Crippen LogP contribution in [-0.4, -0.2) is 27.0 Å². The lowest BCUT2D eigenvalue weighted by atomic mass is 9.85. The first kappa shape index (κ1) is 27.8. The van der Waals surface area contributed by atoms with Crippen LogP contribution < -0.4 is 9.47 Å². The molecule has 5 rings (SSSR count). The van der Waals surface area contributed by atoms with E-state index in [1.54, 1.807) is 50.2 Å². The van der Waals surface area contributed by atoms with Crippen LogP contribution in [-0.2, 0) is 23.4 Å². The van der Waals surface area contributed by atoms with E-state index in [-0.39, 0.29) is 12.4 Å². The van der Waals surface area contributed by atoms with E-state index in [0.29, 0.717) is 29.2 Å². The van der Waals surface area contributed by atoms with Crippen molar-refractivity contribution in [2.45, 2.75) is 38.8 Å². The second-order valence-corrected chi connectivity index (χ2v) is 10.1. The van der Waals surface area contributed by atoms with Crippen molar-refractivity contribution in [3.63, 3.8) is 0 Å². The van der Waals surface area contributed by atoms with E-state index >= 15 is 0 Å². The summed E-state index contributed by atoms with van der Waals surface area (Å²) in [5, 5.41) is 9.59. The third-order valence-electron chi connectivity index (χ3n) is 6.93. The van der Waals surface area contributed by atoms with Gasteiger partial charge in [0.05, 0.1) is 23.0 Å². The molecule has 9 heteroatoms. The number of nitrogens with zero attached hydrogens (tertiary/aromatic N) is 2. The minimum Gasteiger partial charge on any atom is -0.489 e. The highest BCUT2D eigenvalue weighted by Crippen LogP contribution is 2.31. The van der Waals surface area contributed by atoms with Gasteiger partial charge in [-0.3, -0.25) is 4.79 Å². The summed E-state index contributed by atoms with van der Waals surface area (Å²) in [6.07, 6.45) is -4.77. The van der Waals surface area contributed by atoms with Gasteiger partial charge in [-0.2, -0.15) is 0 Å². The Labute approximate surface area is 234 Å². The first-order valence-corrected chi connectivity index (χ1v) is 12.9. The zero-order chi connectivity index (χ0) is 29.2. The highest BCUT2D eigenvalue weighted by molar-refractivity contribution is 5.81. The molecule has 0 unspecified atom stereocenters. The average Bonchev–Trinajstić information content (AvgIpc) is 3.30. The Morgan fingerprint density at radius 3 is 2.24 bits per heavy atom. The molecular formula is C32H27F3N2O4. The number of ether oxygens (including phenoxy) is 2. The smallest absolute Gasteiger partial charge is 0.489 e. The van der Waals surface area contributed by atoms with E-state index in [9.17, 15) is 23.1 Å². The van der Waals surface area contributed by atoms with Crippen molar-refractivity contribution in [3.8, 4) is 22.9 Å². The third-order valence-corrected chi connectivity index (χ3v) is 6.93. The number of fused-ring (bicyclic) bond motifs is 1. The molecule has 0 amide bonds. The number of hydrogen-bond donors (Lipinski definition) is 1. The number of hydrogen-bond acceptors (Lipinski definition) is 4. The molecular weight excluding hydrogens is 533 g/mol. The van der Waals surface area contributed by atoms with Gasteiger partial charge in [-0.25, -0.2) is 4.98 Å². The van der Waals surface area contributed by atoms with Crippen LogP contribution in [0.3, 0.4) is 0 Å². The van der Waals surface area contributed by atoms with Gasteiger partial charge in [0.15, 0.2) is 0 Å². The van der Waals surface area contributed by atoms with Gasteiger partial charge in [0.1, 0.15) is 23.9 Å². The van der Waals surface area contributed by atoms with Crippen LogP contribution >= 0.6 is 0 Å². The maximum atomic E-state index is 12.7. The highest BCUT2D eigenvalue weighted by atomic mass is 19.4. The third kappa shape index (κ3) is 6.19. The molecule has 0 aliphatic rings. The van der Waals surface area contributed by atoms with E-state index < -0.39 is 17.7 Å². The molecule has 0 spiro atoms. The summed E-state index contributed by atoms with van der Waals surface area (Å²) in [4.78, 5) is 16.5. The highest BCUT2D eigenvalue weighted by Gasteiger charge is 2.31. The van der Waals surface area contributed by atoms with Crippen molar-refractivity contribution in [1.82, 2.24) is 9.55 Å². The molecule has 4 aromatic carbocycles. The van der Waals surface area contributed by atoms with E-state index in [0.717, 1.165) is 22.2 Å². The number of carbonyl (C=O) groups is 1. The first-order chi connectivity index (χ1) is 19.5. The molecule has 0 saturated carbocycles. The molecule has 0 radical (unpaired) electrons. The molecule has 1 heterocycles. The van der Waals surface area contributed by atoms with E-state index in [2.05, 4.69) is 4.74 Å². The number of carboxylic acids is 1. The van der Waals surface area contributed by atoms with Gasteiger partial charge >= 0.3 is 12.3 Å². The summed E-state index contributed by atoms with van der Waals surface area (Å²) in [5.41, 5.74) is 3.73. The largest absolute Gasteiger partial charge is 0.573 e. The van der Waals surface area contributed by atoms with Gasteiger partial charge in [0.25, 0.3) is 0 Å². The fraction of sp³-hybridized carbons (Fsp3) is 0.188. The zero-order valence-electron chi connectivity index (χ0n) is 22.4. The summed E-state index contributed by atoms with van der Waals surface area (Å²) in [6.45, 7) is 3.97. The topological polar surface area (TPSA) is 73.6 Å². The molecule has 41 heavy (non-hydrogen) atoms. The van der Waals surface area contributed by atoms with E-state index in [1.807, 2.05) is 53.1 Å². The molecule has 0 fully saturated rings. The molecule has 210 valence electrons. The zero-order valence-corrected chi connectivity index (χ0v) is 22.4. The number of rotatable bonds is 9. The van der Waals surface area contributed by atoms with E-state index in [4.69, 9.17) is 9.72 Å². The van der Waals surface area contributed by atoms with Crippen LogP contribution in [0.5, 0.6) is 11.5 Å². The quantitative estimate of drug-likeness (QED) is 0.201. The minimum atomic E-state index is -4.77. The Morgan fingerprint density at radius 1 is 0.854 bits per heavy atom. The van der Waals surface area contributed by atoms with Gasteiger partial charge in [-0.05, 0) is 79.1 Å². The molecule has 0 saturated heterocycles. The van der Waals surface area contributed by atoms with Gasteiger partial charge < -0.3 is 19.1 Å². The van der Waals surface area contributed by atoms with Crippen molar-refractivity contribution in [2.75, 3.05) is 0 Å². The van der Waals surface area contributed by atoms with Crippen molar-refractivity contribution in [2.24, 2.45) is 0 Å². The standard InChI is InChI=1S/C32H27F3N2O4/c1-31(2,30(38)39)24-10-7-11-26(18-24)40-20-23-9-4-3-8-22(23)19-37-28-13-6-5-12-27(28)36-29(37)21-14-16-25(17-15-21)41-32(33,34)35/h3-18H,19-20H2,1-2H3,(H,38,39). The molecule has 1 N–H and O–H groups in total. The Balaban J connectivity index is 1.44. The minimum absolute atomic E-state index is 0.249. The molecule has 6 nitrogen and oxygen atoms in total. The number of halogens is 3. The monoisotopic (exact) mass is 560 g/mol. The van der Waals surface area contributed by atoms with Crippen molar-refractivity contribution >= 4 is 17.0 Å². The number of para-hydroxylation sites is 2. The fourth-order valence-corrected chi connectivity index (χ4v) is 4.54. The number of alkyl halides is 3. The first-order valence-electron chi connectivity index (χ1n) is 12.9. The Hall–Kier alpha value is -4.79. The lowest BCUT2D eigenvalue weighted by Gasteiger charge is -2.20. The summed E-state index contributed by atoms with van der Waals surface area (Å²) in [7, 11) is 0. The summed E-state index contributed by atoms with van der Waals surface area (Å²) >= 11 is 0. The Bertz CT molecular complexity index is 1690. The van der Waals surface area contributed by atoms with Crippen LogP contribution in [0, 0.1) is 0 Å². The summed E-state index contributed by atoms with van der Waals surface area (Å²) < 4.78 is 50.1. The second kappa shape index (κ2) is 11.0. The van der Waals surface area contributed by atoms with Crippen molar-refractivity contribution in [3.05, 3.63) is 114 Å². The Morgan fingerprint density at radius 2 is 1.54 bits per heavy atom. The predicted molar refractivity (Wildman–Crippen MR) is 149 cm³/mol. The van der Waals surface area contributed by atoms with Crippen LogP contribution in [0.2, 0.25) is 0 Å². The molecule has 0 aliphatic carbocycles. The number of carboxylic acid groups (broad SMARTS) is 1. The molecule has 0 atom stereocenters. The predicted octanol–water partition coefficient (Wildman–Crippen LogP) is 7.59. The number of imidazole rings is 1.